The molecular formula is C16H19N3O4S. The molecule has 0 spiro atoms. The number of hydrogen-bond acceptors (Lipinski definition) is 5. The maximum Gasteiger partial charge on any atom is 0.270 e. The van der Waals surface area contributed by atoms with Gasteiger partial charge in [-0.1, -0.05) is 12.1 Å². The Morgan fingerprint density at radius 2 is 1.67 bits per heavy atom. The summed E-state index contributed by atoms with van der Waals surface area (Å²) < 4.78 is 27.5. The summed E-state index contributed by atoms with van der Waals surface area (Å²) in [5, 5.41) is 10.9. The third-order valence-corrected chi connectivity index (χ3v) is 5.38. The Hall–Kier alpha value is -2.45. The fraction of sp³-hybridized carbons (Fsp3) is 0.250. The van der Waals surface area contributed by atoms with Gasteiger partial charge in [0.15, 0.2) is 0 Å². The molecule has 0 fully saturated rings. The van der Waals surface area contributed by atoms with Crippen LogP contribution in [0.5, 0.6) is 0 Å². The van der Waals surface area contributed by atoms with Crippen LogP contribution in [0.3, 0.4) is 0 Å². The number of hydrogen-bond donors (Lipinski definition) is 2. The number of nitrogen functional groups attached to an aromatic ring is 1. The van der Waals surface area contributed by atoms with Gasteiger partial charge in [-0.15, -0.1) is 0 Å². The Bertz CT molecular complexity index is 838. The molecule has 24 heavy (non-hydrogen) atoms. The van der Waals surface area contributed by atoms with Gasteiger partial charge in [0.1, 0.15) is 0 Å². The van der Waals surface area contributed by atoms with Crippen molar-refractivity contribution in [2.45, 2.75) is 25.2 Å². The van der Waals surface area contributed by atoms with Gasteiger partial charge < -0.3 is 5.73 Å². The van der Waals surface area contributed by atoms with Crippen LogP contribution in [-0.2, 0) is 16.4 Å². The predicted molar refractivity (Wildman–Crippen MR) is 92.3 cm³/mol. The molecule has 8 heteroatoms. The lowest BCUT2D eigenvalue weighted by Gasteiger charge is -2.12. The third-order valence-electron chi connectivity index (χ3n) is 3.61. The maximum atomic E-state index is 12.5. The first kappa shape index (κ1) is 17.9. The lowest BCUT2D eigenvalue weighted by molar-refractivity contribution is -0.385. The topological polar surface area (TPSA) is 115 Å². The molecule has 0 aromatic heterocycles. The number of nitrogens with one attached hydrogen (secondary N) is 1. The molecule has 0 unspecified atom stereocenters. The van der Waals surface area contributed by atoms with Gasteiger partial charge >= 0.3 is 0 Å². The highest BCUT2D eigenvalue weighted by atomic mass is 32.2. The molecule has 0 amide bonds. The smallest absolute Gasteiger partial charge is 0.270 e. The summed E-state index contributed by atoms with van der Waals surface area (Å²) >= 11 is 0. The van der Waals surface area contributed by atoms with Gasteiger partial charge in [-0.2, -0.15) is 0 Å². The van der Waals surface area contributed by atoms with Crippen molar-refractivity contribution >= 4 is 21.4 Å². The van der Waals surface area contributed by atoms with Crippen LogP contribution < -0.4 is 10.5 Å². The third kappa shape index (κ3) is 4.09. The number of sulfonamides is 1. The lowest BCUT2D eigenvalue weighted by atomic mass is 10.1. The first-order valence-electron chi connectivity index (χ1n) is 7.30. The number of non-ortho nitro benzene ring substituents is 1. The van der Waals surface area contributed by atoms with Crippen LogP contribution in [0, 0.1) is 24.0 Å². The number of nitrogens with zero attached hydrogens (tertiary/aromatic N) is 1. The van der Waals surface area contributed by atoms with Crippen molar-refractivity contribution in [2.75, 3.05) is 12.3 Å². The number of nitro benzene ring substituents is 1. The van der Waals surface area contributed by atoms with Crippen molar-refractivity contribution in [3.05, 3.63) is 63.2 Å². The SMILES string of the molecule is Cc1cc([N+](=O)[O-])cc(C)c1S(=O)(=O)NCCc1ccc(N)cc1. The van der Waals surface area contributed by atoms with Gasteiger partial charge in [0, 0.05) is 24.4 Å². The van der Waals surface area contributed by atoms with Gasteiger partial charge in [-0.3, -0.25) is 10.1 Å². The molecule has 2 aromatic carbocycles. The number of rotatable bonds is 6. The molecule has 0 aliphatic rings. The summed E-state index contributed by atoms with van der Waals surface area (Å²) in [7, 11) is -3.74. The van der Waals surface area contributed by atoms with Crippen LogP contribution in [-0.4, -0.2) is 19.9 Å². The fourth-order valence-corrected chi connectivity index (χ4v) is 4.02. The van der Waals surface area contributed by atoms with Gasteiger partial charge in [0.2, 0.25) is 10.0 Å². The maximum absolute atomic E-state index is 12.5. The minimum Gasteiger partial charge on any atom is -0.399 e. The average molecular weight is 349 g/mol. The molecule has 0 bridgehead atoms. The number of benzene rings is 2. The first-order valence-corrected chi connectivity index (χ1v) is 8.79. The van der Waals surface area contributed by atoms with Gasteiger partial charge in [-0.25, -0.2) is 13.1 Å². The van der Waals surface area contributed by atoms with E-state index in [9.17, 15) is 18.5 Å². The van der Waals surface area contributed by atoms with E-state index in [1.807, 2.05) is 12.1 Å². The van der Waals surface area contributed by atoms with Crippen molar-refractivity contribution < 1.29 is 13.3 Å². The summed E-state index contributed by atoms with van der Waals surface area (Å²) in [6, 6.07) is 9.73. The largest absolute Gasteiger partial charge is 0.399 e. The van der Waals surface area contributed by atoms with Crippen LogP contribution in [0.1, 0.15) is 16.7 Å². The summed E-state index contributed by atoms with van der Waals surface area (Å²) in [6.45, 7) is 3.32. The average Bonchev–Trinajstić information content (AvgIpc) is 2.48. The van der Waals surface area contributed by atoms with Gasteiger partial charge in [0.25, 0.3) is 5.69 Å². The quantitative estimate of drug-likeness (QED) is 0.472. The highest BCUT2D eigenvalue weighted by Gasteiger charge is 2.22. The zero-order chi connectivity index (χ0) is 17.9. The van der Waals surface area contributed by atoms with E-state index >= 15 is 0 Å². The second-order valence-electron chi connectivity index (χ2n) is 5.56. The van der Waals surface area contributed by atoms with E-state index < -0.39 is 14.9 Å². The van der Waals surface area contributed by atoms with Crippen molar-refractivity contribution in [1.82, 2.24) is 4.72 Å². The molecule has 0 aliphatic heterocycles. The van der Waals surface area contributed by atoms with E-state index in [0.29, 0.717) is 23.2 Å². The summed E-state index contributed by atoms with van der Waals surface area (Å²) in [5.41, 5.74) is 7.80. The summed E-state index contributed by atoms with van der Waals surface area (Å²) in [6.07, 6.45) is 0.518. The number of anilines is 1. The Morgan fingerprint density at radius 3 is 2.17 bits per heavy atom. The van der Waals surface area contributed by atoms with Crippen LogP contribution in [0.4, 0.5) is 11.4 Å². The Morgan fingerprint density at radius 1 is 1.12 bits per heavy atom. The van der Waals surface area contributed by atoms with Crippen molar-refractivity contribution in [2.24, 2.45) is 0 Å². The van der Waals surface area contributed by atoms with Crippen LogP contribution in [0.25, 0.3) is 0 Å². The molecule has 0 aliphatic carbocycles. The highest BCUT2D eigenvalue weighted by Crippen LogP contribution is 2.25. The van der Waals surface area contributed by atoms with Gasteiger partial charge in [-0.05, 0) is 49.1 Å². The molecule has 2 aromatic rings. The van der Waals surface area contributed by atoms with E-state index in [0.717, 1.165) is 5.56 Å². The van der Waals surface area contributed by atoms with E-state index in [2.05, 4.69) is 4.72 Å². The van der Waals surface area contributed by atoms with E-state index in [1.165, 1.54) is 12.1 Å². The molecule has 0 heterocycles. The van der Waals surface area contributed by atoms with Crippen LogP contribution in [0.2, 0.25) is 0 Å². The molecule has 0 radical (unpaired) electrons. The molecular weight excluding hydrogens is 330 g/mol. The zero-order valence-corrected chi connectivity index (χ0v) is 14.3. The monoisotopic (exact) mass is 349 g/mol. The minimum atomic E-state index is -3.74. The molecule has 2 rings (SSSR count). The predicted octanol–water partition coefficient (Wildman–Crippen LogP) is 2.31. The van der Waals surface area contributed by atoms with E-state index in [-0.39, 0.29) is 17.1 Å². The van der Waals surface area contributed by atoms with Crippen molar-refractivity contribution in [3.8, 4) is 0 Å². The molecule has 0 atom stereocenters. The Labute approximate surface area is 140 Å². The van der Waals surface area contributed by atoms with Crippen molar-refractivity contribution in [3.63, 3.8) is 0 Å². The van der Waals surface area contributed by atoms with Crippen LogP contribution >= 0.6 is 0 Å². The zero-order valence-electron chi connectivity index (χ0n) is 13.4. The standard InChI is InChI=1S/C16H19N3O4S/c1-11-9-15(19(20)21)10-12(2)16(11)24(22,23)18-8-7-13-3-5-14(17)6-4-13/h3-6,9-10,18H,7-8,17H2,1-2H3. The minimum absolute atomic E-state index is 0.0883. The molecule has 0 saturated heterocycles. The summed E-state index contributed by atoms with van der Waals surface area (Å²) in [4.78, 5) is 10.4. The van der Waals surface area contributed by atoms with Crippen LogP contribution in [0.15, 0.2) is 41.3 Å². The van der Waals surface area contributed by atoms with E-state index in [1.54, 1.807) is 26.0 Å². The second-order valence-corrected chi connectivity index (χ2v) is 7.26. The highest BCUT2D eigenvalue weighted by molar-refractivity contribution is 7.89. The van der Waals surface area contributed by atoms with Gasteiger partial charge in [0.05, 0.1) is 9.82 Å². The van der Waals surface area contributed by atoms with Crippen molar-refractivity contribution in [1.29, 1.82) is 0 Å². The molecule has 128 valence electrons. The summed E-state index contributed by atoms with van der Waals surface area (Å²) in [5.74, 6) is 0. The number of aryl methyl sites for hydroxylation is 2. The second kappa shape index (κ2) is 6.98. The Balaban J connectivity index is 2.15. The molecule has 3 N–H and O–H groups in total. The number of nitro groups is 1. The van der Waals surface area contributed by atoms with E-state index in [4.69, 9.17) is 5.73 Å². The number of nitrogens with two attached hydrogens (primary N) is 1. The normalized spacial score (nSPS) is 11.4. The Kier molecular flexibility index (Phi) is 5.20. The first-order chi connectivity index (χ1) is 11.2. The lowest BCUT2D eigenvalue weighted by Crippen LogP contribution is -2.27. The molecule has 0 saturated carbocycles. The molecule has 7 nitrogen and oxygen atoms in total. The fourth-order valence-electron chi connectivity index (χ4n) is 2.54.